The minimum atomic E-state index is 0.109. The number of nitrogens with one attached hydrogen (secondary N) is 1. The number of hydrogen-bond donors (Lipinski definition) is 1. The minimum Gasteiger partial charge on any atom is -0.491 e. The molecule has 3 rings (SSSR count). The average molecular weight is 303 g/mol. The highest BCUT2D eigenvalue weighted by Gasteiger charge is 2.21. The standard InChI is InChI=1S/C18H25NO3/c20-18(15-8-11-21-12-9-15)19-10-13-22-17-7-3-5-14-4-1-2-6-16(14)17/h3,5,7,15H,1-2,4,6,8-13H2,(H,19,20). The van der Waals surface area contributed by atoms with Crippen molar-refractivity contribution in [2.45, 2.75) is 38.5 Å². The smallest absolute Gasteiger partial charge is 0.223 e. The zero-order valence-electron chi connectivity index (χ0n) is 13.1. The lowest BCUT2D eigenvalue weighted by Gasteiger charge is -2.22. The van der Waals surface area contributed by atoms with Crippen LogP contribution in [0, 0.1) is 5.92 Å². The van der Waals surface area contributed by atoms with Crippen LogP contribution in [0.5, 0.6) is 5.75 Å². The first-order chi connectivity index (χ1) is 10.8. The van der Waals surface area contributed by atoms with Crippen LogP contribution in [0.25, 0.3) is 0 Å². The fourth-order valence-electron chi connectivity index (χ4n) is 3.32. The highest BCUT2D eigenvalue weighted by Crippen LogP contribution is 2.29. The normalized spacial score (nSPS) is 18.5. The molecule has 0 bridgehead atoms. The quantitative estimate of drug-likeness (QED) is 0.850. The zero-order valence-corrected chi connectivity index (χ0v) is 13.1. The number of carbonyl (C=O) groups is 1. The topological polar surface area (TPSA) is 47.6 Å². The second-order valence-corrected chi connectivity index (χ2v) is 6.13. The lowest BCUT2D eigenvalue weighted by Crippen LogP contribution is -2.36. The molecule has 120 valence electrons. The molecule has 0 atom stereocenters. The molecule has 1 amide bonds. The molecule has 1 saturated heterocycles. The van der Waals surface area contributed by atoms with E-state index in [1.807, 2.05) is 6.07 Å². The Morgan fingerprint density at radius 2 is 2.05 bits per heavy atom. The van der Waals surface area contributed by atoms with Crippen molar-refractivity contribution >= 4 is 5.91 Å². The van der Waals surface area contributed by atoms with Crippen LogP contribution in [0.15, 0.2) is 18.2 Å². The Labute approximate surface area is 132 Å². The molecular weight excluding hydrogens is 278 g/mol. The summed E-state index contributed by atoms with van der Waals surface area (Å²) in [7, 11) is 0. The molecule has 1 heterocycles. The summed E-state index contributed by atoms with van der Waals surface area (Å²) in [5.41, 5.74) is 2.79. The lowest BCUT2D eigenvalue weighted by molar-refractivity contribution is -0.127. The van der Waals surface area contributed by atoms with E-state index >= 15 is 0 Å². The van der Waals surface area contributed by atoms with Crippen LogP contribution in [-0.2, 0) is 22.4 Å². The summed E-state index contributed by atoms with van der Waals surface area (Å²) in [6.45, 7) is 2.50. The first kappa shape index (κ1) is 15.3. The summed E-state index contributed by atoms with van der Waals surface area (Å²) < 4.78 is 11.2. The largest absolute Gasteiger partial charge is 0.491 e. The predicted octanol–water partition coefficient (Wildman–Crippen LogP) is 2.49. The third-order valence-electron chi connectivity index (χ3n) is 4.60. The fraction of sp³-hybridized carbons (Fsp3) is 0.611. The van der Waals surface area contributed by atoms with E-state index in [-0.39, 0.29) is 11.8 Å². The maximum absolute atomic E-state index is 12.0. The molecule has 0 saturated carbocycles. The van der Waals surface area contributed by atoms with Crippen molar-refractivity contribution in [2.24, 2.45) is 5.92 Å². The Kier molecular flexibility index (Phi) is 5.33. The molecule has 4 nitrogen and oxygen atoms in total. The Morgan fingerprint density at radius 3 is 2.91 bits per heavy atom. The number of fused-ring (bicyclic) bond motifs is 1. The van der Waals surface area contributed by atoms with Crippen molar-refractivity contribution in [1.82, 2.24) is 5.32 Å². The van der Waals surface area contributed by atoms with Crippen molar-refractivity contribution in [3.05, 3.63) is 29.3 Å². The maximum atomic E-state index is 12.0. The average Bonchev–Trinajstić information content (AvgIpc) is 2.59. The molecule has 1 aliphatic heterocycles. The molecule has 4 heteroatoms. The third kappa shape index (κ3) is 3.80. The Bertz CT molecular complexity index is 509. The first-order valence-corrected chi connectivity index (χ1v) is 8.43. The van der Waals surface area contributed by atoms with E-state index in [0.717, 1.165) is 31.4 Å². The van der Waals surface area contributed by atoms with Gasteiger partial charge in [-0.2, -0.15) is 0 Å². The highest BCUT2D eigenvalue weighted by atomic mass is 16.5. The van der Waals surface area contributed by atoms with Crippen molar-refractivity contribution in [3.8, 4) is 5.75 Å². The van der Waals surface area contributed by atoms with Gasteiger partial charge in [-0.1, -0.05) is 12.1 Å². The van der Waals surface area contributed by atoms with Crippen LogP contribution in [0.4, 0.5) is 0 Å². The summed E-state index contributed by atoms with van der Waals surface area (Å²) in [6.07, 6.45) is 6.45. The number of benzene rings is 1. The molecule has 1 fully saturated rings. The molecule has 22 heavy (non-hydrogen) atoms. The van der Waals surface area contributed by atoms with E-state index in [2.05, 4.69) is 17.4 Å². The Hall–Kier alpha value is -1.55. The number of hydrogen-bond acceptors (Lipinski definition) is 3. The van der Waals surface area contributed by atoms with Gasteiger partial charge in [0, 0.05) is 19.1 Å². The molecule has 0 radical (unpaired) electrons. The van der Waals surface area contributed by atoms with Gasteiger partial charge in [0.1, 0.15) is 12.4 Å². The highest BCUT2D eigenvalue weighted by molar-refractivity contribution is 5.78. The van der Waals surface area contributed by atoms with E-state index in [1.165, 1.54) is 24.0 Å². The minimum absolute atomic E-state index is 0.109. The van der Waals surface area contributed by atoms with E-state index in [9.17, 15) is 4.79 Å². The van der Waals surface area contributed by atoms with Crippen LogP contribution in [-0.4, -0.2) is 32.3 Å². The van der Waals surface area contributed by atoms with Gasteiger partial charge in [-0.05, 0) is 55.7 Å². The van der Waals surface area contributed by atoms with Gasteiger partial charge < -0.3 is 14.8 Å². The molecule has 1 aromatic carbocycles. The van der Waals surface area contributed by atoms with Crippen LogP contribution in [0.2, 0.25) is 0 Å². The van der Waals surface area contributed by atoms with Crippen molar-refractivity contribution in [2.75, 3.05) is 26.4 Å². The predicted molar refractivity (Wildman–Crippen MR) is 85.1 cm³/mol. The van der Waals surface area contributed by atoms with E-state index in [4.69, 9.17) is 9.47 Å². The summed E-state index contributed by atoms with van der Waals surface area (Å²) in [5.74, 6) is 1.25. The second kappa shape index (κ2) is 7.63. The number of amides is 1. The van der Waals surface area contributed by atoms with Crippen molar-refractivity contribution in [3.63, 3.8) is 0 Å². The van der Waals surface area contributed by atoms with Crippen LogP contribution < -0.4 is 10.1 Å². The monoisotopic (exact) mass is 303 g/mol. The molecule has 1 aliphatic carbocycles. The Balaban J connectivity index is 1.44. The second-order valence-electron chi connectivity index (χ2n) is 6.13. The number of aryl methyl sites for hydroxylation is 1. The van der Waals surface area contributed by atoms with E-state index in [0.29, 0.717) is 26.4 Å². The van der Waals surface area contributed by atoms with Crippen LogP contribution in [0.1, 0.15) is 36.8 Å². The third-order valence-corrected chi connectivity index (χ3v) is 4.60. The lowest BCUT2D eigenvalue weighted by atomic mass is 9.91. The van der Waals surface area contributed by atoms with Gasteiger partial charge in [0.15, 0.2) is 0 Å². The SMILES string of the molecule is O=C(NCCOc1cccc2c1CCCC2)C1CCOCC1. The van der Waals surface area contributed by atoms with Crippen molar-refractivity contribution < 1.29 is 14.3 Å². The molecule has 0 unspecified atom stereocenters. The van der Waals surface area contributed by atoms with Gasteiger partial charge in [0.25, 0.3) is 0 Å². The van der Waals surface area contributed by atoms with Gasteiger partial charge in [-0.25, -0.2) is 0 Å². The molecule has 1 N–H and O–H groups in total. The van der Waals surface area contributed by atoms with Gasteiger partial charge in [-0.15, -0.1) is 0 Å². The summed E-state index contributed by atoms with van der Waals surface area (Å²) in [6, 6.07) is 6.32. The molecule has 1 aromatic rings. The van der Waals surface area contributed by atoms with Crippen LogP contribution >= 0.6 is 0 Å². The summed E-state index contributed by atoms with van der Waals surface area (Å²) >= 11 is 0. The van der Waals surface area contributed by atoms with E-state index < -0.39 is 0 Å². The fourth-order valence-corrected chi connectivity index (χ4v) is 3.32. The summed E-state index contributed by atoms with van der Waals surface area (Å²) in [4.78, 5) is 12.0. The van der Waals surface area contributed by atoms with Gasteiger partial charge in [0.05, 0.1) is 6.54 Å². The van der Waals surface area contributed by atoms with Crippen molar-refractivity contribution in [1.29, 1.82) is 0 Å². The van der Waals surface area contributed by atoms with Gasteiger partial charge in [0.2, 0.25) is 5.91 Å². The zero-order chi connectivity index (χ0) is 15.2. The Morgan fingerprint density at radius 1 is 1.23 bits per heavy atom. The molecular formula is C18H25NO3. The van der Waals surface area contributed by atoms with Crippen LogP contribution in [0.3, 0.4) is 0 Å². The molecule has 2 aliphatic rings. The number of rotatable bonds is 5. The van der Waals surface area contributed by atoms with E-state index in [1.54, 1.807) is 0 Å². The first-order valence-electron chi connectivity index (χ1n) is 8.43. The molecule has 0 spiro atoms. The summed E-state index contributed by atoms with van der Waals surface area (Å²) in [5, 5.41) is 2.98. The van der Waals surface area contributed by atoms with Gasteiger partial charge >= 0.3 is 0 Å². The molecule has 0 aromatic heterocycles. The number of carbonyl (C=O) groups excluding carboxylic acids is 1. The number of ether oxygens (including phenoxy) is 2. The van der Waals surface area contributed by atoms with Gasteiger partial charge in [-0.3, -0.25) is 4.79 Å². The maximum Gasteiger partial charge on any atom is 0.223 e.